The van der Waals surface area contributed by atoms with E-state index in [2.05, 4.69) is 46.4 Å². The maximum atomic E-state index is 9.94. The summed E-state index contributed by atoms with van der Waals surface area (Å²) < 4.78 is 7.09. The van der Waals surface area contributed by atoms with Crippen molar-refractivity contribution < 1.29 is 9.63 Å². The van der Waals surface area contributed by atoms with Crippen LogP contribution in [0.2, 0.25) is 0 Å². The molecule has 0 fully saturated rings. The molecule has 3 heterocycles. The lowest BCUT2D eigenvalue weighted by Gasteiger charge is -2.07. The van der Waals surface area contributed by atoms with Gasteiger partial charge in [-0.05, 0) is 51.0 Å². The smallest absolute Gasteiger partial charge is 0.141 e. The zero-order valence-corrected chi connectivity index (χ0v) is 16.3. The Morgan fingerprint density at radius 3 is 2.43 bits per heavy atom. The zero-order chi connectivity index (χ0) is 19.9. The van der Waals surface area contributed by atoms with Crippen LogP contribution in [0.3, 0.4) is 0 Å². The number of hydrogen-bond donors (Lipinski definition) is 1. The van der Waals surface area contributed by atoms with E-state index in [1.165, 1.54) is 0 Å². The molecule has 4 aromatic rings. The first-order valence-electron chi connectivity index (χ1n) is 9.09. The van der Waals surface area contributed by atoms with Crippen LogP contribution in [0.15, 0.2) is 53.3 Å². The second kappa shape index (κ2) is 6.66. The largest absolute Gasteiger partial charge is 0.378 e. The predicted octanol–water partition coefficient (Wildman–Crippen LogP) is 4.40. The van der Waals surface area contributed by atoms with E-state index >= 15 is 0 Å². The van der Waals surface area contributed by atoms with E-state index in [1.54, 1.807) is 13.8 Å². The second-order valence-electron chi connectivity index (χ2n) is 7.36. The Morgan fingerprint density at radius 1 is 1.07 bits per heavy atom. The molecule has 0 amide bonds. The number of pyridine rings is 1. The first-order valence-corrected chi connectivity index (χ1v) is 9.09. The summed E-state index contributed by atoms with van der Waals surface area (Å²) in [5.41, 5.74) is 5.71. The van der Waals surface area contributed by atoms with Gasteiger partial charge in [-0.2, -0.15) is 5.10 Å². The molecule has 0 saturated heterocycles. The maximum absolute atomic E-state index is 9.94. The summed E-state index contributed by atoms with van der Waals surface area (Å²) in [5.74, 6) is 6.79. The molecular weight excluding hydrogens is 350 g/mol. The molecule has 1 aromatic carbocycles. The minimum Gasteiger partial charge on any atom is -0.378 e. The minimum absolute atomic E-state index is 0.811. The molecule has 0 aliphatic carbocycles. The fraction of sp³-hybridized carbons (Fsp3) is 0.217. The molecule has 5 heteroatoms. The van der Waals surface area contributed by atoms with Crippen molar-refractivity contribution in [1.82, 2.24) is 14.8 Å². The molecular formula is C23H21N3O2. The molecule has 1 N–H and O–H groups in total. The van der Waals surface area contributed by atoms with Crippen LogP contribution in [0, 0.1) is 25.7 Å². The Kier molecular flexibility index (Phi) is 4.29. The fourth-order valence-electron chi connectivity index (χ4n) is 3.29. The van der Waals surface area contributed by atoms with Crippen molar-refractivity contribution in [2.45, 2.75) is 33.3 Å². The fourth-order valence-corrected chi connectivity index (χ4v) is 3.29. The van der Waals surface area contributed by atoms with Crippen molar-refractivity contribution in [1.29, 1.82) is 0 Å². The van der Waals surface area contributed by atoms with Gasteiger partial charge >= 0.3 is 0 Å². The van der Waals surface area contributed by atoms with Gasteiger partial charge in [0.15, 0.2) is 0 Å². The van der Waals surface area contributed by atoms with Crippen LogP contribution in [0.25, 0.3) is 27.8 Å². The van der Waals surface area contributed by atoms with Crippen LogP contribution < -0.4 is 0 Å². The quantitative estimate of drug-likeness (QED) is 0.531. The van der Waals surface area contributed by atoms with Gasteiger partial charge in [-0.25, -0.2) is 4.52 Å². The van der Waals surface area contributed by atoms with Crippen LogP contribution in [0.1, 0.15) is 30.9 Å². The lowest BCUT2D eigenvalue weighted by Crippen LogP contribution is -2.14. The van der Waals surface area contributed by atoms with Gasteiger partial charge in [-0.3, -0.25) is 0 Å². The highest BCUT2D eigenvalue weighted by Gasteiger charge is 2.14. The number of aromatic nitrogens is 3. The molecule has 4 rings (SSSR count). The van der Waals surface area contributed by atoms with Crippen molar-refractivity contribution >= 4 is 5.52 Å². The van der Waals surface area contributed by atoms with Crippen molar-refractivity contribution in [3.8, 4) is 34.1 Å². The lowest BCUT2D eigenvalue weighted by molar-refractivity contribution is 0.143. The summed E-state index contributed by atoms with van der Waals surface area (Å²) >= 11 is 0. The summed E-state index contributed by atoms with van der Waals surface area (Å²) in [5, 5.41) is 18.4. The first-order chi connectivity index (χ1) is 13.3. The molecule has 0 radical (unpaired) electrons. The molecule has 0 saturated carbocycles. The van der Waals surface area contributed by atoms with Gasteiger partial charge in [0.05, 0.1) is 23.0 Å². The molecule has 140 valence electrons. The second-order valence-corrected chi connectivity index (χ2v) is 7.36. The zero-order valence-electron chi connectivity index (χ0n) is 16.3. The number of rotatable bonds is 2. The normalized spacial score (nSPS) is 11.5. The van der Waals surface area contributed by atoms with Crippen LogP contribution in [-0.2, 0) is 0 Å². The Bertz CT molecular complexity index is 1190. The average molecular weight is 371 g/mol. The Balaban J connectivity index is 1.80. The van der Waals surface area contributed by atoms with E-state index in [4.69, 9.17) is 4.52 Å². The molecule has 0 atom stereocenters. The molecule has 0 aliphatic rings. The molecule has 0 bridgehead atoms. The minimum atomic E-state index is -1.05. The predicted molar refractivity (Wildman–Crippen MR) is 109 cm³/mol. The number of aliphatic hydroxyl groups is 1. The van der Waals surface area contributed by atoms with Gasteiger partial charge in [0.25, 0.3) is 0 Å². The highest BCUT2D eigenvalue weighted by Crippen LogP contribution is 2.31. The van der Waals surface area contributed by atoms with Gasteiger partial charge in [0.1, 0.15) is 11.4 Å². The average Bonchev–Trinajstić information content (AvgIpc) is 3.23. The third-order valence-electron chi connectivity index (χ3n) is 4.56. The molecule has 3 aromatic heterocycles. The number of hydrogen-bond acceptors (Lipinski definition) is 4. The van der Waals surface area contributed by atoms with Gasteiger partial charge in [-0.1, -0.05) is 41.3 Å². The monoisotopic (exact) mass is 371 g/mol. The van der Waals surface area contributed by atoms with Gasteiger partial charge < -0.3 is 9.63 Å². The summed E-state index contributed by atoms with van der Waals surface area (Å²) in [7, 11) is 0. The lowest BCUT2D eigenvalue weighted by atomic mass is 9.99. The third-order valence-corrected chi connectivity index (χ3v) is 4.56. The van der Waals surface area contributed by atoms with E-state index in [1.807, 2.05) is 42.9 Å². The summed E-state index contributed by atoms with van der Waals surface area (Å²) in [6.45, 7) is 7.20. The van der Waals surface area contributed by atoms with E-state index < -0.39 is 5.60 Å². The molecule has 0 unspecified atom stereocenters. The third kappa shape index (κ3) is 3.30. The van der Waals surface area contributed by atoms with Gasteiger partial charge in [0.2, 0.25) is 0 Å². The number of benzene rings is 1. The summed E-state index contributed by atoms with van der Waals surface area (Å²) in [6, 6.07) is 12.1. The Hall–Kier alpha value is -3.36. The molecule has 5 nitrogen and oxygen atoms in total. The highest BCUT2D eigenvalue weighted by molar-refractivity contribution is 5.85. The SMILES string of the molecule is Cc1noc(C)c1-c1ccc(-c2cnn3cccc(C#CC(C)(C)O)c23)cc1. The van der Waals surface area contributed by atoms with E-state index in [-0.39, 0.29) is 0 Å². The van der Waals surface area contributed by atoms with Crippen molar-refractivity contribution in [3.05, 3.63) is 65.8 Å². The van der Waals surface area contributed by atoms with E-state index in [0.717, 1.165) is 44.8 Å². The van der Waals surface area contributed by atoms with Gasteiger partial charge in [-0.15, -0.1) is 0 Å². The van der Waals surface area contributed by atoms with E-state index in [0.29, 0.717) is 0 Å². The number of aryl methyl sites for hydroxylation is 2. The number of nitrogens with zero attached hydrogens (tertiary/aromatic N) is 3. The van der Waals surface area contributed by atoms with Crippen molar-refractivity contribution in [2.24, 2.45) is 0 Å². The van der Waals surface area contributed by atoms with Crippen LogP contribution in [0.5, 0.6) is 0 Å². The van der Waals surface area contributed by atoms with Crippen molar-refractivity contribution in [3.63, 3.8) is 0 Å². The Labute approximate surface area is 163 Å². The van der Waals surface area contributed by atoms with Crippen LogP contribution in [-0.4, -0.2) is 25.5 Å². The van der Waals surface area contributed by atoms with Crippen molar-refractivity contribution in [2.75, 3.05) is 0 Å². The molecule has 0 spiro atoms. The topological polar surface area (TPSA) is 63.6 Å². The number of fused-ring (bicyclic) bond motifs is 1. The van der Waals surface area contributed by atoms with Gasteiger partial charge in [0, 0.05) is 17.3 Å². The molecule has 0 aliphatic heterocycles. The van der Waals surface area contributed by atoms with Crippen LogP contribution in [0.4, 0.5) is 0 Å². The Morgan fingerprint density at radius 2 is 1.79 bits per heavy atom. The van der Waals surface area contributed by atoms with E-state index in [9.17, 15) is 5.11 Å². The highest BCUT2D eigenvalue weighted by atomic mass is 16.5. The standard InChI is InChI=1S/C23H21N3O2/c1-15-21(16(2)28-25-15)18-9-7-17(8-10-18)20-14-24-26-13-5-6-19(22(20)26)11-12-23(3,4)27/h5-10,13-14,27H,1-4H3. The first kappa shape index (κ1) is 18.0. The molecule has 28 heavy (non-hydrogen) atoms. The summed E-state index contributed by atoms with van der Waals surface area (Å²) in [4.78, 5) is 0. The maximum Gasteiger partial charge on any atom is 0.141 e. The van der Waals surface area contributed by atoms with Crippen LogP contribution >= 0.6 is 0 Å². The summed E-state index contributed by atoms with van der Waals surface area (Å²) in [6.07, 6.45) is 3.74.